The Kier molecular flexibility index (Phi) is 13.1. The minimum absolute atomic E-state index is 0. The first-order valence-corrected chi connectivity index (χ1v) is 8.49. The van der Waals surface area contributed by atoms with Gasteiger partial charge in [-0.25, -0.2) is 4.98 Å². The largest absolute Gasteiger partial charge is 0.370 e. The van der Waals surface area contributed by atoms with Crippen molar-refractivity contribution in [3.63, 3.8) is 0 Å². The molecule has 0 spiro atoms. The molecule has 122 valence electrons. The molecule has 0 aliphatic rings. The lowest BCUT2D eigenvalue weighted by atomic mass is 10.1. The molecule has 0 saturated heterocycles. The van der Waals surface area contributed by atoms with Gasteiger partial charge < -0.3 is 11.1 Å². The highest BCUT2D eigenvalue weighted by atomic mass is 127. The molecule has 0 fully saturated rings. The molecule has 0 aliphatic heterocycles. The molecule has 0 saturated carbocycles. The highest BCUT2D eigenvalue weighted by molar-refractivity contribution is 14.0. The minimum Gasteiger partial charge on any atom is -0.370 e. The summed E-state index contributed by atoms with van der Waals surface area (Å²) in [4.78, 5) is 9.92. The second-order valence-corrected chi connectivity index (χ2v) is 6.40. The lowest BCUT2D eigenvalue weighted by molar-refractivity contribution is 0.611. The van der Waals surface area contributed by atoms with Gasteiger partial charge in [0.05, 0.1) is 5.01 Å². The lowest BCUT2D eigenvalue weighted by Crippen LogP contribution is -2.33. The van der Waals surface area contributed by atoms with E-state index in [1.54, 1.807) is 11.3 Å². The average molecular weight is 424 g/mol. The molecule has 0 bridgehead atoms. The monoisotopic (exact) mass is 424 g/mol. The van der Waals surface area contributed by atoms with Gasteiger partial charge in [-0.3, -0.25) is 4.99 Å². The molecule has 1 aromatic heterocycles. The zero-order chi connectivity index (χ0) is 14.6. The van der Waals surface area contributed by atoms with Crippen molar-refractivity contribution in [2.24, 2.45) is 10.7 Å². The van der Waals surface area contributed by atoms with Gasteiger partial charge in [0, 0.05) is 30.6 Å². The van der Waals surface area contributed by atoms with Gasteiger partial charge >= 0.3 is 0 Å². The van der Waals surface area contributed by atoms with Crippen LogP contribution < -0.4 is 11.1 Å². The Labute approximate surface area is 150 Å². The summed E-state index contributed by atoms with van der Waals surface area (Å²) in [6.07, 6.45) is 10.5. The Morgan fingerprint density at radius 1 is 1.29 bits per heavy atom. The predicted octanol–water partition coefficient (Wildman–Crippen LogP) is 3.88. The number of aliphatic imine (C=N–C) groups is 1. The first kappa shape index (κ1) is 20.6. The van der Waals surface area contributed by atoms with Crippen LogP contribution in [0.4, 0.5) is 0 Å². The van der Waals surface area contributed by atoms with Crippen LogP contribution in [0.25, 0.3) is 0 Å². The highest BCUT2D eigenvalue weighted by Crippen LogP contribution is 2.10. The van der Waals surface area contributed by atoms with Crippen LogP contribution in [0.5, 0.6) is 0 Å². The van der Waals surface area contributed by atoms with Crippen LogP contribution in [0, 0.1) is 6.92 Å². The van der Waals surface area contributed by atoms with Crippen molar-refractivity contribution in [3.8, 4) is 0 Å². The van der Waals surface area contributed by atoms with Gasteiger partial charge in [0.2, 0.25) is 0 Å². The quantitative estimate of drug-likeness (QED) is 0.259. The first-order chi connectivity index (χ1) is 9.72. The van der Waals surface area contributed by atoms with Crippen LogP contribution in [0.15, 0.2) is 11.2 Å². The number of nitrogens with two attached hydrogens (primary N) is 1. The van der Waals surface area contributed by atoms with E-state index >= 15 is 0 Å². The van der Waals surface area contributed by atoms with Gasteiger partial charge in [-0.15, -0.1) is 35.3 Å². The molecule has 4 nitrogen and oxygen atoms in total. The highest BCUT2D eigenvalue weighted by Gasteiger charge is 1.98. The number of halogens is 1. The first-order valence-electron chi connectivity index (χ1n) is 7.67. The molecule has 1 rings (SSSR count). The summed E-state index contributed by atoms with van der Waals surface area (Å²) in [5.74, 6) is 0.562. The van der Waals surface area contributed by atoms with E-state index in [9.17, 15) is 0 Å². The molecule has 0 radical (unpaired) electrons. The smallest absolute Gasteiger partial charge is 0.188 e. The van der Waals surface area contributed by atoms with Crippen LogP contribution in [0.1, 0.15) is 55.3 Å². The maximum atomic E-state index is 5.83. The molecule has 0 amide bonds. The van der Waals surface area contributed by atoms with E-state index in [1.165, 1.54) is 37.0 Å². The van der Waals surface area contributed by atoms with Crippen LogP contribution in [0.2, 0.25) is 0 Å². The Bertz CT molecular complexity index is 393. The molecular weight excluding hydrogens is 395 g/mol. The molecule has 6 heteroatoms. The third-order valence-electron chi connectivity index (χ3n) is 3.11. The lowest BCUT2D eigenvalue weighted by Gasteiger charge is -2.04. The van der Waals surface area contributed by atoms with Gasteiger partial charge in [-0.2, -0.15) is 0 Å². The number of nitrogens with one attached hydrogen (secondary N) is 1. The van der Waals surface area contributed by atoms with E-state index in [-0.39, 0.29) is 24.0 Å². The Hall–Kier alpha value is -0.370. The van der Waals surface area contributed by atoms with E-state index in [1.807, 2.05) is 6.20 Å². The molecular formula is C15H29IN4S. The summed E-state index contributed by atoms with van der Waals surface area (Å²) in [6.45, 7) is 5.95. The molecule has 0 unspecified atom stereocenters. The van der Waals surface area contributed by atoms with Gasteiger partial charge in [0.1, 0.15) is 0 Å². The van der Waals surface area contributed by atoms with Crippen LogP contribution in [0.3, 0.4) is 0 Å². The van der Waals surface area contributed by atoms with Gasteiger partial charge in [-0.1, -0.05) is 39.0 Å². The molecule has 0 aromatic carbocycles. The average Bonchev–Trinajstić information content (AvgIpc) is 2.83. The van der Waals surface area contributed by atoms with Crippen molar-refractivity contribution in [1.29, 1.82) is 0 Å². The van der Waals surface area contributed by atoms with E-state index in [4.69, 9.17) is 5.73 Å². The third kappa shape index (κ3) is 10.9. The fourth-order valence-electron chi connectivity index (χ4n) is 1.96. The number of aromatic nitrogens is 1. The number of hydrogen-bond donors (Lipinski definition) is 2. The fraction of sp³-hybridized carbons (Fsp3) is 0.733. The summed E-state index contributed by atoms with van der Waals surface area (Å²) < 4.78 is 0. The maximum absolute atomic E-state index is 5.83. The van der Waals surface area contributed by atoms with Gasteiger partial charge in [0.15, 0.2) is 5.96 Å². The zero-order valence-electron chi connectivity index (χ0n) is 13.2. The molecule has 1 heterocycles. The van der Waals surface area contributed by atoms with Crippen molar-refractivity contribution in [1.82, 2.24) is 10.3 Å². The standard InChI is InChI=1S/C15H28N4S.HI/c1-3-4-5-6-7-8-10-17-15(16)18-11-9-14-19-12-13(2)20-14;/h12H,3-11H2,1-2H3,(H3,16,17,18);1H. The molecule has 0 aliphatic carbocycles. The number of hydrogen-bond acceptors (Lipinski definition) is 3. The summed E-state index contributed by atoms with van der Waals surface area (Å²) in [7, 11) is 0. The Morgan fingerprint density at radius 3 is 2.67 bits per heavy atom. The van der Waals surface area contributed by atoms with E-state index in [0.717, 1.165) is 30.9 Å². The third-order valence-corrected chi connectivity index (χ3v) is 4.08. The number of aryl methyl sites for hydroxylation is 1. The van der Waals surface area contributed by atoms with Crippen molar-refractivity contribution >= 4 is 41.3 Å². The summed E-state index contributed by atoms with van der Waals surface area (Å²) in [6, 6.07) is 0. The van der Waals surface area contributed by atoms with Crippen LogP contribution in [-0.2, 0) is 6.42 Å². The van der Waals surface area contributed by atoms with E-state index in [0.29, 0.717) is 5.96 Å². The van der Waals surface area contributed by atoms with Crippen molar-refractivity contribution < 1.29 is 0 Å². The molecule has 21 heavy (non-hydrogen) atoms. The fourth-order valence-corrected chi connectivity index (χ4v) is 2.75. The number of guanidine groups is 1. The molecule has 1 aromatic rings. The van der Waals surface area contributed by atoms with Crippen LogP contribution in [-0.4, -0.2) is 24.0 Å². The predicted molar refractivity (Wildman–Crippen MR) is 104 cm³/mol. The van der Waals surface area contributed by atoms with Crippen molar-refractivity contribution in [2.45, 2.75) is 58.8 Å². The molecule has 0 atom stereocenters. The number of unbranched alkanes of at least 4 members (excludes halogenated alkanes) is 5. The molecule has 3 N–H and O–H groups in total. The second-order valence-electron chi connectivity index (χ2n) is 5.08. The Morgan fingerprint density at radius 2 is 2.00 bits per heavy atom. The summed E-state index contributed by atoms with van der Waals surface area (Å²) in [5.41, 5.74) is 5.83. The van der Waals surface area contributed by atoms with Gasteiger partial charge in [0.25, 0.3) is 0 Å². The van der Waals surface area contributed by atoms with E-state index in [2.05, 4.69) is 29.1 Å². The van der Waals surface area contributed by atoms with Crippen molar-refractivity contribution in [3.05, 3.63) is 16.1 Å². The van der Waals surface area contributed by atoms with Crippen LogP contribution >= 0.6 is 35.3 Å². The number of nitrogens with zero attached hydrogens (tertiary/aromatic N) is 2. The maximum Gasteiger partial charge on any atom is 0.188 e. The van der Waals surface area contributed by atoms with Crippen molar-refractivity contribution in [2.75, 3.05) is 13.1 Å². The topological polar surface area (TPSA) is 63.3 Å². The second kappa shape index (κ2) is 13.3. The Balaban J connectivity index is 0.00000400. The SMILES string of the molecule is CCCCCCCCN=C(N)NCCc1ncc(C)s1.I. The minimum atomic E-state index is 0. The van der Waals surface area contributed by atoms with E-state index < -0.39 is 0 Å². The number of thiazole rings is 1. The number of rotatable bonds is 10. The summed E-state index contributed by atoms with van der Waals surface area (Å²) >= 11 is 1.74. The van der Waals surface area contributed by atoms with Gasteiger partial charge in [-0.05, 0) is 13.3 Å². The normalized spacial score (nSPS) is 11.2. The summed E-state index contributed by atoms with van der Waals surface area (Å²) in [5, 5.41) is 4.30. The zero-order valence-corrected chi connectivity index (χ0v) is 16.4.